The molecule has 1 aromatic carbocycles. The van der Waals surface area contributed by atoms with E-state index < -0.39 is 0 Å². The molecule has 0 saturated heterocycles. The van der Waals surface area contributed by atoms with Crippen molar-refractivity contribution in [2.45, 2.75) is 52.0 Å². The number of carbonyl (C=O) groups excluding carboxylic acids is 1. The van der Waals surface area contributed by atoms with Crippen LogP contribution in [0.15, 0.2) is 12.1 Å². The highest BCUT2D eigenvalue weighted by atomic mass is 16.3. The van der Waals surface area contributed by atoms with Crippen LogP contribution in [-0.2, 0) is 0 Å². The number of aliphatic hydroxyl groups is 1. The second-order valence-electron chi connectivity index (χ2n) is 6.04. The number of aliphatic hydroxyl groups excluding tert-OH is 1. The van der Waals surface area contributed by atoms with Gasteiger partial charge in [-0.05, 0) is 43.9 Å². The standard InChI is InChI=1S/C17H26N2O2/c1-12-10-13(2)16(18)11-15(12)17(21)19(8-9-20)14-6-4-3-5-7-14/h10-11,14,20H,3-9,18H2,1-2H3. The molecule has 2 rings (SSSR count). The molecule has 0 aliphatic heterocycles. The van der Waals surface area contributed by atoms with Crippen LogP contribution in [-0.4, -0.2) is 35.1 Å². The Morgan fingerprint density at radius 1 is 1.24 bits per heavy atom. The van der Waals surface area contributed by atoms with E-state index >= 15 is 0 Å². The minimum absolute atomic E-state index is 0.000139. The number of rotatable bonds is 4. The fourth-order valence-corrected chi connectivity index (χ4v) is 3.20. The Morgan fingerprint density at radius 2 is 1.90 bits per heavy atom. The third-order valence-electron chi connectivity index (χ3n) is 4.46. The number of nitrogen functional groups attached to an aromatic ring is 1. The summed E-state index contributed by atoms with van der Waals surface area (Å²) >= 11 is 0. The van der Waals surface area contributed by atoms with E-state index in [9.17, 15) is 9.90 Å². The van der Waals surface area contributed by atoms with Gasteiger partial charge in [0.05, 0.1) is 6.61 Å². The molecule has 0 spiro atoms. The SMILES string of the molecule is Cc1cc(C)c(C(=O)N(CCO)C2CCCCC2)cc1N. The highest BCUT2D eigenvalue weighted by Crippen LogP contribution is 2.26. The van der Waals surface area contributed by atoms with Crippen LogP contribution in [0.3, 0.4) is 0 Å². The van der Waals surface area contributed by atoms with Gasteiger partial charge >= 0.3 is 0 Å². The molecule has 0 heterocycles. The van der Waals surface area contributed by atoms with E-state index in [-0.39, 0.29) is 18.6 Å². The van der Waals surface area contributed by atoms with Crippen LogP contribution in [0.5, 0.6) is 0 Å². The van der Waals surface area contributed by atoms with Crippen LogP contribution in [0.25, 0.3) is 0 Å². The quantitative estimate of drug-likeness (QED) is 0.838. The van der Waals surface area contributed by atoms with Gasteiger partial charge in [0, 0.05) is 23.8 Å². The van der Waals surface area contributed by atoms with Crippen LogP contribution < -0.4 is 5.73 Å². The van der Waals surface area contributed by atoms with Crippen molar-refractivity contribution in [2.24, 2.45) is 0 Å². The van der Waals surface area contributed by atoms with Gasteiger partial charge < -0.3 is 15.7 Å². The van der Waals surface area contributed by atoms with Gasteiger partial charge in [-0.2, -0.15) is 0 Å². The van der Waals surface area contributed by atoms with E-state index in [4.69, 9.17) is 5.73 Å². The Balaban J connectivity index is 2.27. The summed E-state index contributed by atoms with van der Waals surface area (Å²) in [5, 5.41) is 9.31. The summed E-state index contributed by atoms with van der Waals surface area (Å²) in [6, 6.07) is 3.99. The number of nitrogens with zero attached hydrogens (tertiary/aromatic N) is 1. The van der Waals surface area contributed by atoms with Crippen LogP contribution >= 0.6 is 0 Å². The van der Waals surface area contributed by atoms with Crippen molar-refractivity contribution in [3.63, 3.8) is 0 Å². The number of benzene rings is 1. The van der Waals surface area contributed by atoms with Crippen LogP contribution in [0.4, 0.5) is 5.69 Å². The van der Waals surface area contributed by atoms with Gasteiger partial charge in [-0.25, -0.2) is 0 Å². The average Bonchev–Trinajstić information content (AvgIpc) is 2.49. The Bertz CT molecular complexity index is 508. The molecule has 4 heteroatoms. The molecule has 3 N–H and O–H groups in total. The van der Waals surface area contributed by atoms with Crippen molar-refractivity contribution < 1.29 is 9.90 Å². The van der Waals surface area contributed by atoms with E-state index in [1.165, 1.54) is 6.42 Å². The van der Waals surface area contributed by atoms with E-state index in [2.05, 4.69) is 0 Å². The molecule has 116 valence electrons. The fraction of sp³-hybridized carbons (Fsp3) is 0.588. The molecule has 0 aromatic heterocycles. The Labute approximate surface area is 126 Å². The summed E-state index contributed by atoms with van der Waals surface area (Å²) in [5.41, 5.74) is 9.22. The van der Waals surface area contributed by atoms with Gasteiger partial charge in [0.1, 0.15) is 0 Å². The smallest absolute Gasteiger partial charge is 0.254 e. The van der Waals surface area contributed by atoms with Crippen molar-refractivity contribution >= 4 is 11.6 Å². The summed E-state index contributed by atoms with van der Waals surface area (Å²) in [6.45, 7) is 4.29. The fourth-order valence-electron chi connectivity index (χ4n) is 3.20. The zero-order valence-electron chi connectivity index (χ0n) is 13.1. The Hall–Kier alpha value is -1.55. The van der Waals surface area contributed by atoms with Crippen LogP contribution in [0.2, 0.25) is 0 Å². The van der Waals surface area contributed by atoms with E-state index in [1.54, 1.807) is 6.07 Å². The zero-order chi connectivity index (χ0) is 15.4. The largest absolute Gasteiger partial charge is 0.398 e. The van der Waals surface area contributed by atoms with E-state index in [0.29, 0.717) is 17.8 Å². The molecule has 1 saturated carbocycles. The number of hydrogen-bond acceptors (Lipinski definition) is 3. The summed E-state index contributed by atoms with van der Waals surface area (Å²) in [6.07, 6.45) is 5.64. The third kappa shape index (κ3) is 3.56. The predicted molar refractivity (Wildman–Crippen MR) is 85.3 cm³/mol. The monoisotopic (exact) mass is 290 g/mol. The highest BCUT2D eigenvalue weighted by molar-refractivity contribution is 5.97. The first-order valence-corrected chi connectivity index (χ1v) is 7.83. The van der Waals surface area contributed by atoms with E-state index in [0.717, 1.165) is 36.8 Å². The van der Waals surface area contributed by atoms with E-state index in [1.807, 2.05) is 24.8 Å². The van der Waals surface area contributed by atoms with Crippen LogP contribution in [0.1, 0.15) is 53.6 Å². The first kappa shape index (κ1) is 15.8. The molecule has 0 radical (unpaired) electrons. The van der Waals surface area contributed by atoms with Crippen molar-refractivity contribution in [2.75, 3.05) is 18.9 Å². The lowest BCUT2D eigenvalue weighted by molar-refractivity contribution is 0.0584. The summed E-state index contributed by atoms with van der Waals surface area (Å²) in [5.74, 6) is 0.000139. The number of amides is 1. The summed E-state index contributed by atoms with van der Waals surface area (Å²) in [4.78, 5) is 14.7. The zero-order valence-corrected chi connectivity index (χ0v) is 13.1. The van der Waals surface area contributed by atoms with Crippen molar-refractivity contribution in [3.05, 3.63) is 28.8 Å². The summed E-state index contributed by atoms with van der Waals surface area (Å²) in [7, 11) is 0. The Kier molecular flexibility index (Phi) is 5.23. The number of aryl methyl sites for hydroxylation is 2. The van der Waals surface area contributed by atoms with Crippen molar-refractivity contribution in [1.29, 1.82) is 0 Å². The molecular weight excluding hydrogens is 264 g/mol. The second kappa shape index (κ2) is 6.94. The summed E-state index contributed by atoms with van der Waals surface area (Å²) < 4.78 is 0. The van der Waals surface area contributed by atoms with Gasteiger partial charge in [0.15, 0.2) is 0 Å². The van der Waals surface area contributed by atoms with Gasteiger partial charge in [0.2, 0.25) is 0 Å². The molecule has 0 bridgehead atoms. The molecule has 1 amide bonds. The lowest BCUT2D eigenvalue weighted by Gasteiger charge is -2.34. The second-order valence-corrected chi connectivity index (χ2v) is 6.04. The topological polar surface area (TPSA) is 66.6 Å². The van der Waals surface area contributed by atoms with Gasteiger partial charge in [-0.3, -0.25) is 4.79 Å². The lowest BCUT2D eigenvalue weighted by atomic mass is 9.93. The highest BCUT2D eigenvalue weighted by Gasteiger charge is 2.26. The van der Waals surface area contributed by atoms with Crippen molar-refractivity contribution in [3.8, 4) is 0 Å². The normalized spacial score (nSPS) is 16.0. The van der Waals surface area contributed by atoms with Gasteiger partial charge in [-0.15, -0.1) is 0 Å². The molecule has 4 nitrogen and oxygen atoms in total. The van der Waals surface area contributed by atoms with Crippen LogP contribution in [0, 0.1) is 13.8 Å². The number of hydrogen-bond donors (Lipinski definition) is 2. The first-order chi connectivity index (χ1) is 10.0. The maximum Gasteiger partial charge on any atom is 0.254 e. The average molecular weight is 290 g/mol. The minimum atomic E-state index is 0.000139. The number of nitrogens with two attached hydrogens (primary N) is 1. The third-order valence-corrected chi connectivity index (χ3v) is 4.46. The molecule has 1 fully saturated rings. The van der Waals surface area contributed by atoms with Gasteiger partial charge in [0.25, 0.3) is 5.91 Å². The number of anilines is 1. The maximum atomic E-state index is 12.9. The molecule has 21 heavy (non-hydrogen) atoms. The maximum absolute atomic E-state index is 12.9. The van der Waals surface area contributed by atoms with Crippen molar-refractivity contribution in [1.82, 2.24) is 4.90 Å². The molecular formula is C17H26N2O2. The molecule has 1 aliphatic rings. The molecule has 1 aliphatic carbocycles. The molecule has 0 unspecified atom stereocenters. The number of carbonyl (C=O) groups is 1. The molecule has 1 aromatic rings. The predicted octanol–water partition coefficient (Wildman–Crippen LogP) is 2.65. The minimum Gasteiger partial charge on any atom is -0.398 e. The first-order valence-electron chi connectivity index (χ1n) is 7.83. The Morgan fingerprint density at radius 3 is 2.52 bits per heavy atom. The molecule has 0 atom stereocenters. The lowest BCUT2D eigenvalue weighted by Crippen LogP contribution is -2.43. The van der Waals surface area contributed by atoms with Gasteiger partial charge in [-0.1, -0.05) is 25.3 Å².